The number of thiophene rings is 1. The molecular formula is C15H12BrNOS. The summed E-state index contributed by atoms with van der Waals surface area (Å²) in [7, 11) is 0. The molecule has 0 radical (unpaired) electrons. The molecule has 0 spiro atoms. The Balaban J connectivity index is 2.03. The standard InChI is InChI=1S/C15H12BrNOS/c1-9-2-3-10-6-11(4-5-13(10)17-9)15(18)14-7-12(16)8-19-14/h2-8,15,18H,1H3. The Morgan fingerprint density at radius 2 is 2.05 bits per heavy atom. The van der Waals surface area contributed by atoms with Crippen LogP contribution in [0.5, 0.6) is 0 Å². The Morgan fingerprint density at radius 3 is 2.79 bits per heavy atom. The van der Waals surface area contributed by atoms with Crippen molar-refractivity contribution in [3.05, 3.63) is 62.4 Å². The fraction of sp³-hybridized carbons (Fsp3) is 0.133. The molecule has 2 nitrogen and oxygen atoms in total. The first kappa shape index (κ1) is 12.8. The van der Waals surface area contributed by atoms with Gasteiger partial charge in [-0.15, -0.1) is 11.3 Å². The largest absolute Gasteiger partial charge is 0.383 e. The summed E-state index contributed by atoms with van der Waals surface area (Å²) in [4.78, 5) is 5.40. The van der Waals surface area contributed by atoms with E-state index >= 15 is 0 Å². The Bertz CT molecular complexity index is 738. The van der Waals surface area contributed by atoms with Gasteiger partial charge in [-0.1, -0.05) is 12.1 Å². The third-order valence-corrected chi connectivity index (χ3v) is 4.77. The van der Waals surface area contributed by atoms with Crippen LogP contribution in [0.4, 0.5) is 0 Å². The first-order valence-corrected chi connectivity index (χ1v) is 7.60. The van der Waals surface area contributed by atoms with Crippen molar-refractivity contribution in [2.24, 2.45) is 0 Å². The zero-order valence-corrected chi connectivity index (χ0v) is 12.7. The highest BCUT2D eigenvalue weighted by Gasteiger charge is 2.13. The monoisotopic (exact) mass is 333 g/mol. The first-order chi connectivity index (χ1) is 9.13. The van der Waals surface area contributed by atoms with Crippen LogP contribution < -0.4 is 0 Å². The molecule has 4 heteroatoms. The predicted molar refractivity (Wildman–Crippen MR) is 82.6 cm³/mol. The number of pyridine rings is 1. The summed E-state index contributed by atoms with van der Waals surface area (Å²) < 4.78 is 1.00. The van der Waals surface area contributed by atoms with Crippen LogP contribution in [-0.2, 0) is 0 Å². The zero-order chi connectivity index (χ0) is 13.4. The molecule has 1 N–H and O–H groups in total. The van der Waals surface area contributed by atoms with Gasteiger partial charge < -0.3 is 5.11 Å². The van der Waals surface area contributed by atoms with Gasteiger partial charge in [0.05, 0.1) is 5.52 Å². The second kappa shape index (κ2) is 5.04. The normalized spacial score (nSPS) is 12.8. The van der Waals surface area contributed by atoms with Gasteiger partial charge in [-0.25, -0.2) is 0 Å². The molecule has 0 fully saturated rings. The van der Waals surface area contributed by atoms with Gasteiger partial charge >= 0.3 is 0 Å². The van der Waals surface area contributed by atoms with E-state index in [-0.39, 0.29) is 0 Å². The highest BCUT2D eigenvalue weighted by molar-refractivity contribution is 9.10. The minimum absolute atomic E-state index is 0.581. The van der Waals surface area contributed by atoms with Crippen molar-refractivity contribution in [2.45, 2.75) is 13.0 Å². The summed E-state index contributed by atoms with van der Waals surface area (Å²) in [6.45, 7) is 1.98. The second-order valence-electron chi connectivity index (χ2n) is 4.47. The summed E-state index contributed by atoms with van der Waals surface area (Å²) in [6.07, 6.45) is -0.581. The van der Waals surface area contributed by atoms with Crippen molar-refractivity contribution in [3.8, 4) is 0 Å². The van der Waals surface area contributed by atoms with Crippen LogP contribution in [0.3, 0.4) is 0 Å². The summed E-state index contributed by atoms with van der Waals surface area (Å²) in [5.74, 6) is 0. The minimum Gasteiger partial charge on any atom is -0.383 e. The number of fused-ring (bicyclic) bond motifs is 1. The molecule has 0 aliphatic carbocycles. The Hall–Kier alpha value is -1.23. The minimum atomic E-state index is -0.581. The van der Waals surface area contributed by atoms with Gasteiger partial charge in [0.15, 0.2) is 0 Å². The van der Waals surface area contributed by atoms with Crippen molar-refractivity contribution in [3.63, 3.8) is 0 Å². The summed E-state index contributed by atoms with van der Waals surface area (Å²) in [5, 5.41) is 13.4. The molecule has 0 amide bonds. The van der Waals surface area contributed by atoms with E-state index in [9.17, 15) is 5.11 Å². The number of aryl methyl sites for hydroxylation is 1. The number of hydrogen-bond acceptors (Lipinski definition) is 3. The van der Waals surface area contributed by atoms with Crippen LogP contribution in [0.15, 0.2) is 46.3 Å². The van der Waals surface area contributed by atoms with Crippen LogP contribution in [0.1, 0.15) is 22.2 Å². The fourth-order valence-corrected chi connectivity index (χ4v) is 3.51. The molecular weight excluding hydrogens is 322 g/mol. The van der Waals surface area contributed by atoms with Gasteiger partial charge in [-0.2, -0.15) is 0 Å². The molecule has 96 valence electrons. The average molecular weight is 334 g/mol. The van der Waals surface area contributed by atoms with Crippen molar-refractivity contribution in [1.29, 1.82) is 0 Å². The zero-order valence-electron chi connectivity index (χ0n) is 10.3. The van der Waals surface area contributed by atoms with Crippen LogP contribution in [0.25, 0.3) is 10.9 Å². The molecule has 0 saturated heterocycles. The Labute approximate surface area is 123 Å². The predicted octanol–water partition coefficient (Wildman–Crippen LogP) is 4.45. The van der Waals surface area contributed by atoms with Gasteiger partial charge in [0.25, 0.3) is 0 Å². The maximum Gasteiger partial charge on any atom is 0.113 e. The molecule has 2 heterocycles. The Morgan fingerprint density at radius 1 is 1.21 bits per heavy atom. The van der Waals surface area contributed by atoms with E-state index in [1.807, 2.05) is 48.7 Å². The van der Waals surface area contributed by atoms with E-state index < -0.39 is 6.10 Å². The van der Waals surface area contributed by atoms with Crippen LogP contribution >= 0.6 is 27.3 Å². The average Bonchev–Trinajstić information content (AvgIpc) is 2.84. The number of halogens is 1. The molecule has 0 bridgehead atoms. The van der Waals surface area contributed by atoms with Crippen LogP contribution in [0.2, 0.25) is 0 Å². The van der Waals surface area contributed by atoms with Crippen molar-refractivity contribution in [1.82, 2.24) is 4.98 Å². The topological polar surface area (TPSA) is 33.1 Å². The molecule has 1 aromatic carbocycles. The second-order valence-corrected chi connectivity index (χ2v) is 6.33. The van der Waals surface area contributed by atoms with Gasteiger partial charge in [0.2, 0.25) is 0 Å². The lowest BCUT2D eigenvalue weighted by atomic mass is 10.0. The number of rotatable bonds is 2. The highest BCUT2D eigenvalue weighted by Crippen LogP contribution is 2.31. The highest BCUT2D eigenvalue weighted by atomic mass is 79.9. The molecule has 1 atom stereocenters. The van der Waals surface area contributed by atoms with E-state index in [2.05, 4.69) is 20.9 Å². The van der Waals surface area contributed by atoms with Crippen LogP contribution in [0, 0.1) is 6.92 Å². The molecule has 1 unspecified atom stereocenters. The molecule has 0 saturated carbocycles. The van der Waals surface area contributed by atoms with Crippen LogP contribution in [-0.4, -0.2) is 10.1 Å². The SMILES string of the molecule is Cc1ccc2cc(C(O)c3cc(Br)cs3)ccc2n1. The fourth-order valence-electron chi connectivity index (χ4n) is 2.05. The number of benzene rings is 1. The number of aromatic nitrogens is 1. The number of aliphatic hydroxyl groups excluding tert-OH is 1. The third-order valence-electron chi connectivity index (χ3n) is 3.03. The van der Waals surface area contributed by atoms with E-state index in [0.717, 1.165) is 31.5 Å². The summed E-state index contributed by atoms with van der Waals surface area (Å²) in [6, 6.07) is 11.9. The maximum absolute atomic E-state index is 10.4. The number of nitrogens with zero attached hydrogens (tertiary/aromatic N) is 1. The number of aliphatic hydroxyl groups is 1. The number of hydrogen-bond donors (Lipinski definition) is 1. The molecule has 3 rings (SSSR count). The molecule has 3 aromatic rings. The van der Waals surface area contributed by atoms with Gasteiger partial charge in [0, 0.05) is 25.8 Å². The van der Waals surface area contributed by atoms with Crippen molar-refractivity contribution < 1.29 is 5.11 Å². The lowest BCUT2D eigenvalue weighted by Gasteiger charge is -2.10. The van der Waals surface area contributed by atoms with E-state index in [1.165, 1.54) is 0 Å². The van der Waals surface area contributed by atoms with E-state index in [0.29, 0.717) is 0 Å². The quantitative estimate of drug-likeness (QED) is 0.751. The van der Waals surface area contributed by atoms with E-state index in [1.54, 1.807) is 11.3 Å². The van der Waals surface area contributed by atoms with Gasteiger partial charge in [-0.05, 0) is 52.7 Å². The van der Waals surface area contributed by atoms with Gasteiger partial charge in [-0.3, -0.25) is 4.98 Å². The first-order valence-electron chi connectivity index (χ1n) is 5.93. The maximum atomic E-state index is 10.4. The molecule has 0 aliphatic heterocycles. The molecule has 0 aliphatic rings. The Kier molecular flexibility index (Phi) is 3.39. The van der Waals surface area contributed by atoms with Gasteiger partial charge in [0.1, 0.15) is 6.10 Å². The summed E-state index contributed by atoms with van der Waals surface area (Å²) in [5.41, 5.74) is 2.86. The lowest BCUT2D eigenvalue weighted by molar-refractivity contribution is 0.224. The van der Waals surface area contributed by atoms with Crippen molar-refractivity contribution in [2.75, 3.05) is 0 Å². The van der Waals surface area contributed by atoms with E-state index in [4.69, 9.17) is 0 Å². The van der Waals surface area contributed by atoms with Crippen molar-refractivity contribution >= 4 is 38.2 Å². The molecule has 2 aromatic heterocycles. The lowest BCUT2D eigenvalue weighted by Crippen LogP contribution is -1.97. The smallest absolute Gasteiger partial charge is 0.113 e. The molecule has 19 heavy (non-hydrogen) atoms. The summed E-state index contributed by atoms with van der Waals surface area (Å²) >= 11 is 4.96. The third kappa shape index (κ3) is 2.56.